The molecule has 4 aromatic rings. The molecule has 148 valence electrons. The third-order valence-electron chi connectivity index (χ3n) is 5.34. The highest BCUT2D eigenvalue weighted by Crippen LogP contribution is 2.40. The number of likely N-dealkylation sites (N-methyl/N-ethyl adjacent to an activating group) is 1. The quantitative estimate of drug-likeness (QED) is 0.437. The van der Waals surface area contributed by atoms with Crippen LogP contribution in [0, 0.1) is 4.91 Å². The van der Waals surface area contributed by atoms with Gasteiger partial charge in [-0.25, -0.2) is 0 Å². The molecule has 0 aliphatic rings. The summed E-state index contributed by atoms with van der Waals surface area (Å²) in [6, 6.07) is 13.7. The van der Waals surface area contributed by atoms with Gasteiger partial charge >= 0.3 is 0 Å². The molecule has 4 rings (SSSR count). The Bertz CT molecular complexity index is 1270. The number of aromatic nitrogens is 1. The van der Waals surface area contributed by atoms with Gasteiger partial charge in [0.1, 0.15) is 10.4 Å². The second kappa shape index (κ2) is 7.21. The van der Waals surface area contributed by atoms with Crippen molar-refractivity contribution in [2.75, 3.05) is 20.6 Å². The standard InChI is InChI=1S/C23H23N3O2S/c1-23(2,13-26(3)4)15-7-5-14(6-8-15)19-18(25-28)10-9-17-20(19)16-11-12-29-21(16)22(27)24-17/h5-12H,13H2,1-4H3,(H,24,27). The average Bonchev–Trinajstić information content (AvgIpc) is 3.17. The van der Waals surface area contributed by atoms with E-state index in [1.807, 2.05) is 23.6 Å². The number of nitroso groups, excluding NO2 is 1. The molecule has 0 radical (unpaired) electrons. The van der Waals surface area contributed by atoms with Crippen molar-refractivity contribution in [3.8, 4) is 11.1 Å². The van der Waals surface area contributed by atoms with E-state index < -0.39 is 0 Å². The van der Waals surface area contributed by atoms with E-state index in [0.717, 1.165) is 28.4 Å². The normalized spacial score (nSPS) is 12.2. The number of nitrogens with zero attached hydrogens (tertiary/aromatic N) is 2. The molecule has 6 heteroatoms. The van der Waals surface area contributed by atoms with Gasteiger partial charge in [-0.2, -0.15) is 0 Å². The van der Waals surface area contributed by atoms with Crippen LogP contribution in [-0.2, 0) is 5.41 Å². The van der Waals surface area contributed by atoms with Crippen molar-refractivity contribution in [2.24, 2.45) is 5.18 Å². The Morgan fingerprint density at radius 2 is 1.79 bits per heavy atom. The molecular weight excluding hydrogens is 382 g/mol. The summed E-state index contributed by atoms with van der Waals surface area (Å²) in [4.78, 5) is 29.1. The van der Waals surface area contributed by atoms with Crippen LogP contribution >= 0.6 is 11.3 Å². The Morgan fingerprint density at radius 3 is 2.45 bits per heavy atom. The molecule has 0 spiro atoms. The fourth-order valence-corrected chi connectivity index (χ4v) is 4.97. The molecule has 0 aliphatic carbocycles. The van der Waals surface area contributed by atoms with E-state index in [2.05, 4.69) is 55.1 Å². The van der Waals surface area contributed by atoms with Gasteiger partial charge in [0, 0.05) is 33.8 Å². The predicted molar refractivity (Wildman–Crippen MR) is 122 cm³/mol. The van der Waals surface area contributed by atoms with Crippen molar-refractivity contribution in [1.29, 1.82) is 0 Å². The lowest BCUT2D eigenvalue weighted by Gasteiger charge is -2.29. The van der Waals surface area contributed by atoms with Crippen molar-refractivity contribution in [1.82, 2.24) is 9.88 Å². The number of pyridine rings is 1. The Balaban J connectivity index is 1.95. The van der Waals surface area contributed by atoms with Gasteiger partial charge in [-0.05, 0) is 54.0 Å². The first-order valence-corrected chi connectivity index (χ1v) is 10.3. The maximum absolute atomic E-state index is 12.4. The molecule has 0 fully saturated rings. The summed E-state index contributed by atoms with van der Waals surface area (Å²) in [5.41, 5.74) is 3.87. The zero-order valence-electron chi connectivity index (χ0n) is 16.9. The third kappa shape index (κ3) is 3.39. The van der Waals surface area contributed by atoms with Crippen molar-refractivity contribution in [3.63, 3.8) is 0 Å². The molecule has 2 aromatic heterocycles. The summed E-state index contributed by atoms with van der Waals surface area (Å²) >= 11 is 1.40. The summed E-state index contributed by atoms with van der Waals surface area (Å²) < 4.78 is 0.658. The van der Waals surface area contributed by atoms with Crippen LogP contribution in [0.1, 0.15) is 19.4 Å². The maximum atomic E-state index is 12.4. The minimum Gasteiger partial charge on any atom is -0.321 e. The summed E-state index contributed by atoms with van der Waals surface area (Å²) in [6.45, 7) is 5.37. The van der Waals surface area contributed by atoms with Crippen LogP contribution in [0.15, 0.2) is 57.8 Å². The molecule has 2 heterocycles. The van der Waals surface area contributed by atoms with Gasteiger partial charge in [-0.1, -0.05) is 38.1 Å². The highest BCUT2D eigenvalue weighted by molar-refractivity contribution is 7.17. The summed E-state index contributed by atoms with van der Waals surface area (Å²) in [7, 11) is 4.14. The second-order valence-corrected chi connectivity index (χ2v) is 9.21. The van der Waals surface area contributed by atoms with Gasteiger partial charge in [0.2, 0.25) is 0 Å². The molecule has 0 amide bonds. The minimum atomic E-state index is -0.110. The number of hydrogen-bond acceptors (Lipinski definition) is 5. The van der Waals surface area contributed by atoms with Crippen LogP contribution in [-0.4, -0.2) is 30.5 Å². The first kappa shape index (κ1) is 19.5. The highest BCUT2D eigenvalue weighted by Gasteiger charge is 2.22. The molecule has 0 atom stereocenters. The molecular formula is C23H23N3O2S. The zero-order valence-corrected chi connectivity index (χ0v) is 17.8. The Labute approximate surface area is 173 Å². The van der Waals surface area contributed by atoms with E-state index in [-0.39, 0.29) is 11.0 Å². The fraction of sp³-hybridized carbons (Fsp3) is 0.261. The lowest BCUT2D eigenvalue weighted by atomic mass is 9.83. The van der Waals surface area contributed by atoms with Gasteiger partial charge < -0.3 is 9.88 Å². The first-order chi connectivity index (χ1) is 13.8. The summed E-state index contributed by atoms with van der Waals surface area (Å²) in [5, 5.41) is 6.89. The molecule has 0 saturated heterocycles. The Morgan fingerprint density at radius 1 is 1.07 bits per heavy atom. The summed E-state index contributed by atoms with van der Waals surface area (Å²) in [6.07, 6.45) is 0. The van der Waals surface area contributed by atoms with E-state index >= 15 is 0 Å². The smallest absolute Gasteiger partial charge is 0.266 e. The second-order valence-electron chi connectivity index (χ2n) is 8.29. The van der Waals surface area contributed by atoms with Crippen LogP contribution in [0.5, 0.6) is 0 Å². The van der Waals surface area contributed by atoms with Crippen LogP contribution in [0.2, 0.25) is 0 Å². The Kier molecular flexibility index (Phi) is 4.84. The topological polar surface area (TPSA) is 65.5 Å². The minimum absolute atomic E-state index is 0.00160. The number of aromatic amines is 1. The number of rotatable bonds is 5. The van der Waals surface area contributed by atoms with Crippen molar-refractivity contribution < 1.29 is 0 Å². The van der Waals surface area contributed by atoms with E-state index in [0.29, 0.717) is 15.9 Å². The highest BCUT2D eigenvalue weighted by atomic mass is 32.1. The molecule has 2 aromatic carbocycles. The van der Waals surface area contributed by atoms with E-state index in [1.165, 1.54) is 16.9 Å². The zero-order chi connectivity index (χ0) is 20.8. The van der Waals surface area contributed by atoms with Crippen molar-refractivity contribution in [3.05, 3.63) is 68.7 Å². The SMILES string of the molecule is CN(C)CC(C)(C)c1ccc(-c2c(N=O)ccc3[nH]c(=O)c4sccc4c23)cc1. The van der Waals surface area contributed by atoms with Gasteiger partial charge in [-0.15, -0.1) is 16.2 Å². The van der Waals surface area contributed by atoms with E-state index in [4.69, 9.17) is 0 Å². The molecule has 0 unspecified atom stereocenters. The van der Waals surface area contributed by atoms with Crippen LogP contribution in [0.4, 0.5) is 5.69 Å². The van der Waals surface area contributed by atoms with Gasteiger partial charge in [0.05, 0.1) is 0 Å². The summed E-state index contributed by atoms with van der Waals surface area (Å²) in [5.74, 6) is 0. The van der Waals surface area contributed by atoms with Crippen LogP contribution in [0.3, 0.4) is 0 Å². The average molecular weight is 406 g/mol. The van der Waals surface area contributed by atoms with Crippen molar-refractivity contribution >= 4 is 38.0 Å². The van der Waals surface area contributed by atoms with Crippen LogP contribution in [0.25, 0.3) is 32.1 Å². The number of H-pyrrole nitrogens is 1. The number of benzene rings is 2. The monoisotopic (exact) mass is 405 g/mol. The molecule has 0 bridgehead atoms. The number of hydrogen-bond donors (Lipinski definition) is 1. The number of fused-ring (bicyclic) bond motifs is 3. The lowest BCUT2D eigenvalue weighted by molar-refractivity contribution is 0.315. The lowest BCUT2D eigenvalue weighted by Crippen LogP contribution is -2.32. The van der Waals surface area contributed by atoms with Crippen molar-refractivity contribution in [2.45, 2.75) is 19.3 Å². The van der Waals surface area contributed by atoms with E-state index in [1.54, 1.807) is 12.1 Å². The van der Waals surface area contributed by atoms with Gasteiger partial charge in [-0.3, -0.25) is 4.79 Å². The van der Waals surface area contributed by atoms with Gasteiger partial charge in [0.25, 0.3) is 5.56 Å². The molecule has 5 nitrogen and oxygen atoms in total. The molecule has 29 heavy (non-hydrogen) atoms. The molecule has 0 aliphatic heterocycles. The Hall–Kier alpha value is -2.83. The maximum Gasteiger partial charge on any atom is 0.266 e. The third-order valence-corrected chi connectivity index (χ3v) is 6.25. The van der Waals surface area contributed by atoms with Crippen LogP contribution < -0.4 is 5.56 Å². The molecule has 1 N–H and O–H groups in total. The number of nitrogens with one attached hydrogen (secondary N) is 1. The first-order valence-electron chi connectivity index (χ1n) is 9.47. The fourth-order valence-electron chi connectivity index (χ4n) is 4.17. The predicted octanol–water partition coefficient (Wildman–Crippen LogP) is 5.65. The number of thiophene rings is 1. The molecule has 0 saturated carbocycles. The van der Waals surface area contributed by atoms with Gasteiger partial charge in [0.15, 0.2) is 0 Å². The van der Waals surface area contributed by atoms with E-state index in [9.17, 15) is 9.70 Å². The largest absolute Gasteiger partial charge is 0.321 e.